The molecule has 0 saturated carbocycles. The third kappa shape index (κ3) is 4.99. The van der Waals surface area contributed by atoms with Crippen LogP contribution in [0.15, 0.2) is 47.3 Å². The molecule has 0 aliphatic heterocycles. The van der Waals surface area contributed by atoms with Crippen molar-refractivity contribution in [2.24, 2.45) is 0 Å². The smallest absolute Gasteiger partial charge is 0.360 e. The molecule has 3 aromatic rings. The molecule has 0 spiro atoms. The maximum Gasteiger partial charge on any atom is 0.360 e. The highest BCUT2D eigenvalue weighted by atomic mass is 16.5. The summed E-state index contributed by atoms with van der Waals surface area (Å²) in [5, 5.41) is 7.85. The van der Waals surface area contributed by atoms with Crippen LogP contribution in [0.2, 0.25) is 0 Å². The average Bonchev–Trinajstić information content (AvgIpc) is 2.75. The van der Waals surface area contributed by atoms with Crippen molar-refractivity contribution in [2.75, 3.05) is 5.32 Å². The molecule has 1 atom stereocenters. The van der Waals surface area contributed by atoms with Gasteiger partial charge in [0.15, 0.2) is 11.8 Å². The van der Waals surface area contributed by atoms with Crippen LogP contribution < -0.4 is 10.9 Å². The number of fused-ring (bicyclic) bond motifs is 1. The number of benzene rings is 2. The zero-order chi connectivity index (χ0) is 22.5. The summed E-state index contributed by atoms with van der Waals surface area (Å²) in [6, 6.07) is 12.5. The van der Waals surface area contributed by atoms with Gasteiger partial charge in [-0.1, -0.05) is 49.2 Å². The molecule has 0 saturated heterocycles. The molecule has 7 heteroatoms. The van der Waals surface area contributed by atoms with Crippen LogP contribution in [-0.4, -0.2) is 27.8 Å². The van der Waals surface area contributed by atoms with Crippen molar-refractivity contribution in [1.29, 1.82) is 0 Å². The SMILES string of the molecule is CCCCn1nc(C(=O)O[C@H](C)C(=O)Nc2ccc(C)cc2C)c2ccccc2c1=O. The number of nitrogens with one attached hydrogen (secondary N) is 1. The van der Waals surface area contributed by atoms with Crippen molar-refractivity contribution in [3.8, 4) is 0 Å². The minimum Gasteiger partial charge on any atom is -0.448 e. The number of unbranched alkanes of at least 4 members (excludes halogenated alkanes) is 1. The van der Waals surface area contributed by atoms with E-state index in [9.17, 15) is 14.4 Å². The zero-order valence-corrected chi connectivity index (χ0v) is 18.3. The Morgan fingerprint density at radius 1 is 1.13 bits per heavy atom. The van der Waals surface area contributed by atoms with Crippen LogP contribution in [0.3, 0.4) is 0 Å². The molecule has 31 heavy (non-hydrogen) atoms. The van der Waals surface area contributed by atoms with E-state index in [1.807, 2.05) is 39.0 Å². The summed E-state index contributed by atoms with van der Waals surface area (Å²) < 4.78 is 6.71. The molecule has 7 nitrogen and oxygen atoms in total. The zero-order valence-electron chi connectivity index (χ0n) is 18.3. The highest BCUT2D eigenvalue weighted by molar-refractivity contribution is 6.03. The molecule has 0 radical (unpaired) electrons. The van der Waals surface area contributed by atoms with Crippen LogP contribution in [0, 0.1) is 13.8 Å². The second kappa shape index (κ2) is 9.55. The quantitative estimate of drug-likeness (QED) is 0.583. The first-order valence-electron chi connectivity index (χ1n) is 10.4. The first-order chi connectivity index (χ1) is 14.8. The first-order valence-corrected chi connectivity index (χ1v) is 10.4. The molecule has 1 N–H and O–H groups in total. The number of rotatable bonds is 7. The Balaban J connectivity index is 1.84. The standard InChI is InChI=1S/C24H27N3O4/c1-5-6-13-27-23(29)19-10-8-7-9-18(19)21(26-27)24(30)31-17(4)22(28)25-20-12-11-15(2)14-16(20)3/h7-12,14,17H,5-6,13H2,1-4H3,(H,25,28)/t17-/m1/s1. The average molecular weight is 421 g/mol. The van der Waals surface area contributed by atoms with Crippen molar-refractivity contribution < 1.29 is 14.3 Å². The summed E-state index contributed by atoms with van der Waals surface area (Å²) in [6.45, 7) is 7.79. The summed E-state index contributed by atoms with van der Waals surface area (Å²) >= 11 is 0. The highest BCUT2D eigenvalue weighted by Crippen LogP contribution is 2.18. The molecule has 162 valence electrons. The summed E-state index contributed by atoms with van der Waals surface area (Å²) in [6.07, 6.45) is 0.606. The third-order valence-electron chi connectivity index (χ3n) is 5.08. The molecule has 0 bridgehead atoms. The molecular formula is C24H27N3O4. The van der Waals surface area contributed by atoms with E-state index >= 15 is 0 Å². The Labute approximate surface area is 181 Å². The van der Waals surface area contributed by atoms with E-state index in [1.54, 1.807) is 24.3 Å². The predicted molar refractivity (Wildman–Crippen MR) is 120 cm³/mol. The van der Waals surface area contributed by atoms with Crippen molar-refractivity contribution in [2.45, 2.75) is 53.2 Å². The Kier molecular flexibility index (Phi) is 6.84. The fourth-order valence-electron chi connectivity index (χ4n) is 3.30. The maximum absolute atomic E-state index is 12.9. The van der Waals surface area contributed by atoms with Gasteiger partial charge >= 0.3 is 5.97 Å². The second-order valence-corrected chi connectivity index (χ2v) is 7.63. The molecule has 0 aliphatic carbocycles. The summed E-state index contributed by atoms with van der Waals surface area (Å²) in [4.78, 5) is 38.2. The molecule has 2 aromatic carbocycles. The van der Waals surface area contributed by atoms with Crippen molar-refractivity contribution in [1.82, 2.24) is 9.78 Å². The minimum atomic E-state index is -1.04. The van der Waals surface area contributed by atoms with Gasteiger partial charge in [0.05, 0.1) is 5.39 Å². The number of carbonyl (C=O) groups excluding carboxylic acids is 2. The Morgan fingerprint density at radius 2 is 1.84 bits per heavy atom. The number of nitrogens with zero attached hydrogens (tertiary/aromatic N) is 2. The van der Waals surface area contributed by atoms with E-state index in [2.05, 4.69) is 10.4 Å². The van der Waals surface area contributed by atoms with Crippen molar-refractivity contribution >= 4 is 28.3 Å². The van der Waals surface area contributed by atoms with Gasteiger partial charge in [-0.05, 0) is 44.9 Å². The molecule has 0 aliphatic rings. The number of esters is 1. The summed E-state index contributed by atoms with van der Waals surface area (Å²) in [7, 11) is 0. The van der Waals surface area contributed by atoms with Gasteiger partial charge in [0, 0.05) is 17.6 Å². The topological polar surface area (TPSA) is 90.3 Å². The largest absolute Gasteiger partial charge is 0.448 e. The third-order valence-corrected chi connectivity index (χ3v) is 5.08. The lowest BCUT2D eigenvalue weighted by Crippen LogP contribution is -2.32. The number of anilines is 1. The van der Waals surface area contributed by atoms with Gasteiger partial charge in [-0.25, -0.2) is 9.48 Å². The molecule has 0 unspecified atom stereocenters. The van der Waals surface area contributed by atoms with Crippen LogP contribution in [-0.2, 0) is 16.1 Å². The molecule has 1 aromatic heterocycles. The molecule has 1 heterocycles. The van der Waals surface area contributed by atoms with Crippen molar-refractivity contribution in [3.05, 3.63) is 69.6 Å². The molecule has 0 fully saturated rings. The van der Waals surface area contributed by atoms with Gasteiger partial charge in [0.1, 0.15) is 0 Å². The number of carbonyl (C=O) groups is 2. The summed E-state index contributed by atoms with van der Waals surface area (Å²) in [5.74, 6) is -1.19. The van der Waals surface area contributed by atoms with E-state index in [0.717, 1.165) is 24.0 Å². The lowest BCUT2D eigenvalue weighted by Gasteiger charge is -2.16. The summed E-state index contributed by atoms with van der Waals surface area (Å²) in [5.41, 5.74) is 2.45. The lowest BCUT2D eigenvalue weighted by molar-refractivity contribution is -0.123. The van der Waals surface area contributed by atoms with Gasteiger partial charge in [-0.2, -0.15) is 5.10 Å². The Bertz CT molecular complexity index is 1180. The van der Waals surface area contributed by atoms with Crippen LogP contribution in [0.5, 0.6) is 0 Å². The molecular weight excluding hydrogens is 394 g/mol. The van der Waals surface area contributed by atoms with E-state index in [0.29, 0.717) is 23.0 Å². The number of hydrogen-bond acceptors (Lipinski definition) is 5. The van der Waals surface area contributed by atoms with Gasteiger partial charge in [0.2, 0.25) is 0 Å². The van der Waals surface area contributed by atoms with Crippen LogP contribution in [0.25, 0.3) is 10.8 Å². The van der Waals surface area contributed by atoms with E-state index in [-0.39, 0.29) is 11.3 Å². The minimum absolute atomic E-state index is 0.0254. The maximum atomic E-state index is 12.9. The predicted octanol–water partition coefficient (Wildman–Crippen LogP) is 4.00. The van der Waals surface area contributed by atoms with Gasteiger partial charge in [0.25, 0.3) is 11.5 Å². The number of hydrogen-bond donors (Lipinski definition) is 1. The first kappa shape index (κ1) is 22.2. The number of aryl methyl sites for hydroxylation is 3. The lowest BCUT2D eigenvalue weighted by atomic mass is 10.1. The number of ether oxygens (including phenoxy) is 1. The van der Waals surface area contributed by atoms with E-state index in [4.69, 9.17) is 4.74 Å². The van der Waals surface area contributed by atoms with E-state index < -0.39 is 18.0 Å². The van der Waals surface area contributed by atoms with Gasteiger partial charge in [-0.3, -0.25) is 9.59 Å². The van der Waals surface area contributed by atoms with Crippen LogP contribution in [0.1, 0.15) is 48.3 Å². The Hall–Kier alpha value is -3.48. The van der Waals surface area contributed by atoms with E-state index in [1.165, 1.54) is 11.6 Å². The molecule has 1 amide bonds. The van der Waals surface area contributed by atoms with Gasteiger partial charge < -0.3 is 10.1 Å². The van der Waals surface area contributed by atoms with Crippen LogP contribution >= 0.6 is 0 Å². The normalized spacial score (nSPS) is 11.9. The monoisotopic (exact) mass is 421 g/mol. The second-order valence-electron chi connectivity index (χ2n) is 7.63. The van der Waals surface area contributed by atoms with Crippen molar-refractivity contribution in [3.63, 3.8) is 0 Å². The fourth-order valence-corrected chi connectivity index (χ4v) is 3.30. The fraction of sp³-hybridized carbons (Fsp3) is 0.333. The number of aromatic nitrogens is 2. The number of amides is 1. The molecule has 3 rings (SSSR count). The van der Waals surface area contributed by atoms with Gasteiger partial charge in [-0.15, -0.1) is 0 Å². The Morgan fingerprint density at radius 3 is 2.52 bits per heavy atom. The van der Waals surface area contributed by atoms with Crippen LogP contribution in [0.4, 0.5) is 5.69 Å². The highest BCUT2D eigenvalue weighted by Gasteiger charge is 2.23.